The maximum absolute atomic E-state index is 11.5. The molecular formula is C8H11BClO6P. The van der Waals surface area contributed by atoms with Crippen LogP contribution in [0.5, 0.6) is 0 Å². The van der Waals surface area contributed by atoms with Crippen molar-refractivity contribution in [1.82, 2.24) is 0 Å². The molecule has 9 heteroatoms. The third-order valence-corrected chi connectivity index (χ3v) is 4.04. The lowest BCUT2D eigenvalue weighted by molar-refractivity contribution is -0.0415. The van der Waals surface area contributed by atoms with Gasteiger partial charge in [0, 0.05) is 5.38 Å². The van der Waals surface area contributed by atoms with Crippen LogP contribution in [0.1, 0.15) is 6.92 Å². The van der Waals surface area contributed by atoms with E-state index < -0.39 is 37.7 Å². The molecule has 0 saturated carbocycles. The molecule has 0 aromatic heterocycles. The standard InChI is InChI=1S/C8H11BClO6P/c1-4(11)5-6-8(2-3-10,7(9)14-5)16-17(12,13)15-6/h4-7,11H,9H2,1H3,(H,12,13)/t4?,5-,6?,7?,8?/m1/s1. The summed E-state index contributed by atoms with van der Waals surface area (Å²) in [4.78, 5) is 9.37. The highest BCUT2D eigenvalue weighted by Crippen LogP contribution is 2.61. The van der Waals surface area contributed by atoms with Gasteiger partial charge in [-0.3, -0.25) is 9.05 Å². The molecule has 0 radical (unpaired) electrons. The molecule has 5 unspecified atom stereocenters. The van der Waals surface area contributed by atoms with Gasteiger partial charge < -0.3 is 14.7 Å². The molecule has 0 bridgehead atoms. The zero-order valence-electron chi connectivity index (χ0n) is 9.16. The third-order valence-electron chi connectivity index (χ3n) is 2.92. The van der Waals surface area contributed by atoms with Crippen LogP contribution >= 0.6 is 19.4 Å². The Kier molecular flexibility index (Phi) is 3.35. The van der Waals surface area contributed by atoms with Crippen LogP contribution in [0.3, 0.4) is 0 Å². The van der Waals surface area contributed by atoms with Crippen molar-refractivity contribution in [3.8, 4) is 11.3 Å². The molecule has 6 atom stereocenters. The van der Waals surface area contributed by atoms with Gasteiger partial charge in [-0.15, -0.1) is 0 Å². The zero-order chi connectivity index (χ0) is 12.8. The number of aliphatic hydroxyl groups is 1. The molecule has 0 aromatic carbocycles. The molecule has 2 aliphatic heterocycles. The number of hydrogen-bond donors (Lipinski definition) is 2. The van der Waals surface area contributed by atoms with Crippen molar-refractivity contribution in [1.29, 1.82) is 0 Å². The molecule has 0 aromatic rings. The van der Waals surface area contributed by atoms with E-state index >= 15 is 0 Å². The van der Waals surface area contributed by atoms with Crippen LogP contribution in [0.4, 0.5) is 0 Å². The Balaban J connectivity index is 2.43. The number of fused-ring (bicyclic) bond motifs is 1. The molecule has 2 rings (SSSR count). The summed E-state index contributed by atoms with van der Waals surface area (Å²) < 4.78 is 26.8. The summed E-state index contributed by atoms with van der Waals surface area (Å²) in [5, 5.41) is 11.7. The maximum Gasteiger partial charge on any atom is 0.474 e. The van der Waals surface area contributed by atoms with E-state index in [9.17, 15) is 14.6 Å². The highest BCUT2D eigenvalue weighted by molar-refractivity contribution is 7.47. The Morgan fingerprint density at radius 2 is 2.29 bits per heavy atom. The fourth-order valence-electron chi connectivity index (χ4n) is 2.14. The Bertz CT molecular complexity index is 433. The highest BCUT2D eigenvalue weighted by atomic mass is 35.5. The van der Waals surface area contributed by atoms with Gasteiger partial charge in [0.25, 0.3) is 0 Å². The van der Waals surface area contributed by atoms with Crippen molar-refractivity contribution in [2.45, 2.75) is 36.8 Å². The summed E-state index contributed by atoms with van der Waals surface area (Å²) >= 11 is 5.34. The summed E-state index contributed by atoms with van der Waals surface area (Å²) in [5.74, 6) is 2.51. The second kappa shape index (κ2) is 4.25. The number of halogens is 1. The van der Waals surface area contributed by atoms with Gasteiger partial charge in [-0.1, -0.05) is 0 Å². The van der Waals surface area contributed by atoms with Crippen molar-refractivity contribution < 1.29 is 28.3 Å². The average molecular weight is 280 g/mol. The molecule has 2 aliphatic rings. The first kappa shape index (κ1) is 13.4. The lowest BCUT2D eigenvalue weighted by Gasteiger charge is -2.21. The van der Waals surface area contributed by atoms with Gasteiger partial charge in [0.2, 0.25) is 0 Å². The highest BCUT2D eigenvalue weighted by Gasteiger charge is 2.66. The molecule has 0 spiro atoms. The van der Waals surface area contributed by atoms with E-state index in [0.717, 1.165) is 0 Å². The number of aliphatic hydroxyl groups excluding tert-OH is 1. The lowest BCUT2D eigenvalue weighted by atomic mass is 9.80. The van der Waals surface area contributed by atoms with E-state index in [1.54, 1.807) is 7.85 Å². The molecule has 2 fully saturated rings. The van der Waals surface area contributed by atoms with Gasteiger partial charge in [-0.2, -0.15) is 0 Å². The van der Waals surface area contributed by atoms with Gasteiger partial charge in [-0.25, -0.2) is 4.57 Å². The van der Waals surface area contributed by atoms with Gasteiger partial charge in [0.05, 0.1) is 12.1 Å². The summed E-state index contributed by atoms with van der Waals surface area (Å²) in [6.45, 7) is 1.49. The van der Waals surface area contributed by atoms with Gasteiger partial charge >= 0.3 is 7.82 Å². The molecule has 0 aliphatic carbocycles. The molecular weight excluding hydrogens is 269 g/mol. The van der Waals surface area contributed by atoms with Gasteiger partial charge in [0.15, 0.2) is 5.60 Å². The van der Waals surface area contributed by atoms with Gasteiger partial charge in [0.1, 0.15) is 20.1 Å². The predicted octanol–water partition coefficient (Wildman–Crippen LogP) is -0.821. The quantitative estimate of drug-likeness (QED) is 0.371. The topological polar surface area (TPSA) is 85.2 Å². The van der Waals surface area contributed by atoms with Crippen LogP contribution < -0.4 is 0 Å². The summed E-state index contributed by atoms with van der Waals surface area (Å²) in [5.41, 5.74) is -1.41. The smallest absolute Gasteiger partial charge is 0.391 e. The summed E-state index contributed by atoms with van der Waals surface area (Å²) in [6, 6.07) is -0.638. The van der Waals surface area contributed by atoms with Crippen molar-refractivity contribution in [2.75, 3.05) is 0 Å². The number of ether oxygens (including phenoxy) is 1. The number of hydrogen-bond acceptors (Lipinski definition) is 5. The predicted molar refractivity (Wildman–Crippen MR) is 61.0 cm³/mol. The van der Waals surface area contributed by atoms with E-state index in [2.05, 4.69) is 11.3 Å². The second-order valence-electron chi connectivity index (χ2n) is 4.08. The molecule has 6 nitrogen and oxygen atoms in total. The second-order valence-corrected chi connectivity index (χ2v) is 5.60. The van der Waals surface area contributed by atoms with E-state index in [4.69, 9.17) is 25.4 Å². The molecule has 2 saturated heterocycles. The molecule has 17 heavy (non-hydrogen) atoms. The van der Waals surface area contributed by atoms with Crippen molar-refractivity contribution in [3.63, 3.8) is 0 Å². The van der Waals surface area contributed by atoms with Crippen LogP contribution in [-0.4, -0.2) is 47.8 Å². The first-order valence-electron chi connectivity index (χ1n) is 5.00. The van der Waals surface area contributed by atoms with Crippen LogP contribution in [-0.2, 0) is 18.3 Å². The monoisotopic (exact) mass is 280 g/mol. The lowest BCUT2D eigenvalue weighted by Crippen LogP contribution is -2.46. The Labute approximate surface area is 104 Å². The zero-order valence-corrected chi connectivity index (χ0v) is 10.8. The largest absolute Gasteiger partial charge is 0.474 e. The third kappa shape index (κ3) is 2.04. The van der Waals surface area contributed by atoms with Crippen molar-refractivity contribution >= 4 is 27.3 Å². The fraction of sp³-hybridized carbons (Fsp3) is 0.750. The maximum atomic E-state index is 11.5. The van der Waals surface area contributed by atoms with E-state index in [1.807, 2.05) is 0 Å². The minimum absolute atomic E-state index is 0.638. The van der Waals surface area contributed by atoms with E-state index in [1.165, 1.54) is 6.92 Å². The van der Waals surface area contributed by atoms with Crippen molar-refractivity contribution in [2.24, 2.45) is 0 Å². The summed E-state index contributed by atoms with van der Waals surface area (Å²) in [6.07, 6.45) is -2.62. The minimum Gasteiger partial charge on any atom is -0.391 e. The van der Waals surface area contributed by atoms with Crippen LogP contribution in [0.2, 0.25) is 0 Å². The molecule has 2 N–H and O–H groups in total. The Morgan fingerprint density at radius 3 is 2.82 bits per heavy atom. The van der Waals surface area contributed by atoms with Crippen LogP contribution in [0, 0.1) is 11.3 Å². The van der Waals surface area contributed by atoms with E-state index in [-0.39, 0.29) is 0 Å². The Hall–Kier alpha value is -0.0551. The Morgan fingerprint density at radius 1 is 1.65 bits per heavy atom. The molecule has 2 heterocycles. The minimum atomic E-state index is -4.18. The van der Waals surface area contributed by atoms with Crippen molar-refractivity contribution in [3.05, 3.63) is 0 Å². The first-order valence-corrected chi connectivity index (χ1v) is 6.88. The fourth-order valence-corrected chi connectivity index (χ4v) is 3.57. The molecule has 94 valence electrons. The normalized spacial score (nSPS) is 50.5. The SMILES string of the molecule is BC1O[C@H](C(C)O)C2OP(=O)(O)OC12C#CCl. The number of phosphoric acid groups is 1. The molecule has 0 amide bonds. The first-order chi connectivity index (χ1) is 7.82. The number of phosphoric ester groups is 1. The number of rotatable bonds is 1. The average Bonchev–Trinajstić information content (AvgIpc) is 2.58. The van der Waals surface area contributed by atoms with E-state index in [0.29, 0.717) is 0 Å². The van der Waals surface area contributed by atoms with Gasteiger partial charge in [-0.05, 0) is 24.4 Å². The van der Waals surface area contributed by atoms with Crippen LogP contribution in [0.25, 0.3) is 0 Å². The van der Waals surface area contributed by atoms with Crippen LogP contribution in [0.15, 0.2) is 0 Å². The summed E-state index contributed by atoms with van der Waals surface area (Å²) in [7, 11) is -2.57.